The first-order valence-electron chi connectivity index (χ1n) is 11.8. The summed E-state index contributed by atoms with van der Waals surface area (Å²) in [6.45, 7) is 0. The molecule has 0 fully saturated rings. The van der Waals surface area contributed by atoms with Gasteiger partial charge >= 0.3 is 0 Å². The van der Waals surface area contributed by atoms with Gasteiger partial charge < -0.3 is 0 Å². The van der Waals surface area contributed by atoms with Crippen LogP contribution >= 0.6 is 0 Å². The van der Waals surface area contributed by atoms with E-state index >= 15 is 0 Å². The number of nitrogens with one attached hydrogen (secondary N) is 2. The van der Waals surface area contributed by atoms with Gasteiger partial charge in [-0.2, -0.15) is 0 Å². The van der Waals surface area contributed by atoms with Crippen LogP contribution in [0.2, 0.25) is 0 Å². The zero-order chi connectivity index (χ0) is 24.7. The molecule has 0 unspecified atom stereocenters. The monoisotopic (exact) mass is 460 g/mol. The van der Waals surface area contributed by atoms with Crippen LogP contribution in [0, 0.1) is 0 Å². The normalized spacial score (nSPS) is 10.2. The highest BCUT2D eigenvalue weighted by Gasteiger charge is 2.07. The predicted molar refractivity (Wildman–Crippen MR) is 149 cm³/mol. The van der Waals surface area contributed by atoms with Crippen molar-refractivity contribution in [3.05, 3.63) is 166 Å². The molecule has 0 aliphatic heterocycles. The molecule has 0 heterocycles. The Bertz CT molecular complexity index is 1460. The molecule has 2 N–H and O–H groups in total. The first-order valence-corrected chi connectivity index (χ1v) is 11.8. The molecule has 5 aromatic rings. The Labute approximate surface area is 211 Å². The molecule has 170 valence electrons. The third-order valence-electron chi connectivity index (χ3n) is 5.96. The van der Waals surface area contributed by atoms with Gasteiger partial charge in [0.15, 0.2) is 0 Å². The van der Waals surface area contributed by atoms with Gasteiger partial charge in [0.05, 0.1) is 21.8 Å². The van der Waals surface area contributed by atoms with Gasteiger partial charge in [-0.3, -0.25) is 11.5 Å². The lowest BCUT2D eigenvalue weighted by molar-refractivity contribution is 1.36. The van der Waals surface area contributed by atoms with E-state index in [1.807, 2.05) is 121 Å². The number of hydrogen-bond donors (Lipinski definition) is 0. The lowest BCUT2D eigenvalue weighted by atomic mass is 9.97. The Balaban J connectivity index is 2.00. The standard InChI is InChI=1S/C34H24N2/c35-33-21-22-34(36)32(24-30(27-17-9-3-10-18-27)28-19-11-4-12-20-28)31(33)23-29(25-13-5-1-6-14-25)26-15-7-2-8-16-26/h1-22,35-36H. The zero-order valence-corrected chi connectivity index (χ0v) is 19.7. The molecule has 0 bridgehead atoms. The number of benzene rings is 5. The summed E-state index contributed by atoms with van der Waals surface area (Å²) in [4.78, 5) is 0. The molecular formula is C34H24N2. The molecular weight excluding hydrogens is 436 g/mol. The van der Waals surface area contributed by atoms with Gasteiger partial charge in [0, 0.05) is 11.1 Å². The minimum atomic E-state index is 0.304. The molecule has 0 saturated carbocycles. The summed E-state index contributed by atoms with van der Waals surface area (Å²) in [5, 5.41) is 1.10. The van der Waals surface area contributed by atoms with Gasteiger partial charge in [-0.05, 0) is 34.4 Å². The van der Waals surface area contributed by atoms with Crippen LogP contribution < -0.4 is 21.9 Å². The molecule has 0 aromatic heterocycles. The summed E-state index contributed by atoms with van der Waals surface area (Å²) in [7, 11) is 0. The molecule has 2 radical (unpaired) electrons. The summed E-state index contributed by atoms with van der Waals surface area (Å²) >= 11 is 0. The summed E-state index contributed by atoms with van der Waals surface area (Å²) in [5.74, 6) is 0. The molecule has 36 heavy (non-hydrogen) atoms. The van der Waals surface area contributed by atoms with Gasteiger partial charge in [-0.25, -0.2) is 0 Å². The molecule has 5 rings (SSSR count). The maximum Gasteiger partial charge on any atom is 0.0704 e. The van der Waals surface area contributed by atoms with E-state index in [0.717, 1.165) is 33.4 Å². The SMILES string of the molecule is [NH]c1ccc([NH])c(=C=C(c2ccccc2)c2ccccc2)c1=C=C(c1ccccc1)c1ccccc1. The molecule has 0 atom stereocenters. The van der Waals surface area contributed by atoms with Gasteiger partial charge in [-0.1, -0.05) is 121 Å². The second-order valence-corrected chi connectivity index (χ2v) is 8.37. The highest BCUT2D eigenvalue weighted by atomic mass is 14.6. The van der Waals surface area contributed by atoms with Crippen molar-refractivity contribution in [1.82, 2.24) is 11.5 Å². The first kappa shape index (κ1) is 22.8. The van der Waals surface area contributed by atoms with Gasteiger partial charge in [-0.15, -0.1) is 11.5 Å². The van der Waals surface area contributed by atoms with Crippen molar-refractivity contribution in [2.24, 2.45) is 0 Å². The average molecular weight is 461 g/mol. The van der Waals surface area contributed by atoms with Crippen LogP contribution in [-0.4, -0.2) is 0 Å². The lowest BCUT2D eigenvalue weighted by Gasteiger charge is -2.07. The van der Waals surface area contributed by atoms with E-state index in [1.165, 1.54) is 0 Å². The van der Waals surface area contributed by atoms with E-state index in [0.29, 0.717) is 21.8 Å². The van der Waals surface area contributed by atoms with Crippen molar-refractivity contribution >= 4 is 34.0 Å². The molecule has 0 amide bonds. The third kappa shape index (κ3) is 4.92. The fourth-order valence-electron chi connectivity index (χ4n) is 4.15. The van der Waals surface area contributed by atoms with E-state index in [1.54, 1.807) is 12.1 Å². The molecule has 0 saturated heterocycles. The van der Waals surface area contributed by atoms with Gasteiger partial charge in [0.1, 0.15) is 0 Å². The molecule has 2 heteroatoms. The molecule has 0 aliphatic rings. The Morgan fingerprint density at radius 3 is 0.861 bits per heavy atom. The number of rotatable bonds is 4. The smallest absolute Gasteiger partial charge is 0.0704 e. The fourth-order valence-corrected chi connectivity index (χ4v) is 4.15. The van der Waals surface area contributed by atoms with E-state index in [-0.39, 0.29) is 0 Å². The zero-order valence-electron chi connectivity index (χ0n) is 19.7. The highest BCUT2D eigenvalue weighted by Crippen LogP contribution is 2.23. The summed E-state index contributed by atoms with van der Waals surface area (Å²) in [6, 6.07) is 43.6. The minimum absolute atomic E-state index is 0.304. The first-order chi connectivity index (χ1) is 17.7. The van der Waals surface area contributed by atoms with Crippen molar-refractivity contribution in [3.8, 4) is 0 Å². The Morgan fingerprint density at radius 2 is 0.611 bits per heavy atom. The van der Waals surface area contributed by atoms with Crippen LogP contribution in [0.3, 0.4) is 0 Å². The summed E-state index contributed by atoms with van der Waals surface area (Å²) in [6.07, 6.45) is 0. The largest absolute Gasteiger partial charge is 0.300 e. The van der Waals surface area contributed by atoms with Crippen molar-refractivity contribution in [1.29, 1.82) is 0 Å². The van der Waals surface area contributed by atoms with E-state index in [2.05, 4.69) is 11.5 Å². The summed E-state index contributed by atoms with van der Waals surface area (Å²) < 4.78 is 0. The van der Waals surface area contributed by atoms with E-state index < -0.39 is 0 Å². The lowest BCUT2D eigenvalue weighted by Crippen LogP contribution is -2.25. The molecule has 0 aliphatic carbocycles. The van der Waals surface area contributed by atoms with Crippen LogP contribution in [0.15, 0.2) is 133 Å². The summed E-state index contributed by atoms with van der Waals surface area (Å²) in [5.41, 5.74) is 31.0. The second kappa shape index (κ2) is 10.5. The minimum Gasteiger partial charge on any atom is -0.300 e. The topological polar surface area (TPSA) is 47.6 Å². The van der Waals surface area contributed by atoms with Gasteiger partial charge in [0.2, 0.25) is 0 Å². The molecule has 0 spiro atoms. The van der Waals surface area contributed by atoms with Crippen molar-refractivity contribution in [2.75, 3.05) is 0 Å². The third-order valence-corrected chi connectivity index (χ3v) is 5.96. The Hall–Kier alpha value is -5.00. The second-order valence-electron chi connectivity index (χ2n) is 8.37. The predicted octanol–water partition coefficient (Wildman–Crippen LogP) is 6.54. The van der Waals surface area contributed by atoms with E-state index in [4.69, 9.17) is 11.5 Å². The van der Waals surface area contributed by atoms with Gasteiger partial charge in [0.25, 0.3) is 0 Å². The van der Waals surface area contributed by atoms with Crippen molar-refractivity contribution in [3.63, 3.8) is 0 Å². The van der Waals surface area contributed by atoms with Crippen molar-refractivity contribution in [2.45, 2.75) is 0 Å². The van der Waals surface area contributed by atoms with Crippen LogP contribution in [0.5, 0.6) is 0 Å². The maximum atomic E-state index is 8.77. The van der Waals surface area contributed by atoms with E-state index in [9.17, 15) is 0 Å². The Morgan fingerprint density at radius 1 is 0.361 bits per heavy atom. The van der Waals surface area contributed by atoms with Crippen molar-refractivity contribution < 1.29 is 0 Å². The van der Waals surface area contributed by atoms with Crippen LogP contribution in [-0.2, 0) is 0 Å². The number of hydrogen-bond acceptors (Lipinski definition) is 0. The highest BCUT2D eigenvalue weighted by molar-refractivity contribution is 5.88. The maximum absolute atomic E-state index is 8.77. The molecule has 2 nitrogen and oxygen atoms in total. The molecule has 5 aromatic carbocycles. The average Bonchev–Trinajstić information content (AvgIpc) is 2.95. The fraction of sp³-hybridized carbons (Fsp3) is 0. The Kier molecular flexibility index (Phi) is 6.65. The quantitative estimate of drug-likeness (QED) is 0.292. The van der Waals surface area contributed by atoms with Crippen LogP contribution in [0.1, 0.15) is 22.3 Å². The van der Waals surface area contributed by atoms with Crippen LogP contribution in [0.25, 0.3) is 22.6 Å². The van der Waals surface area contributed by atoms with Crippen LogP contribution in [0.4, 0.5) is 11.4 Å².